The number of rotatable bonds is 6. The molecular formula is C12H13N3O3S2. The van der Waals surface area contributed by atoms with Crippen LogP contribution in [0.5, 0.6) is 11.5 Å². The molecule has 0 aliphatic carbocycles. The van der Waals surface area contributed by atoms with Crippen LogP contribution in [0.3, 0.4) is 0 Å². The summed E-state index contributed by atoms with van der Waals surface area (Å²) >= 11 is 2.75. The molecule has 0 bridgehead atoms. The summed E-state index contributed by atoms with van der Waals surface area (Å²) in [6.45, 7) is 0. The predicted octanol–water partition coefficient (Wildman–Crippen LogP) is 2.29. The van der Waals surface area contributed by atoms with Gasteiger partial charge in [-0.2, -0.15) is 0 Å². The molecule has 0 unspecified atom stereocenters. The Bertz CT molecular complexity index is 575. The second kappa shape index (κ2) is 7.11. The lowest BCUT2D eigenvalue weighted by molar-refractivity contribution is -0.113. The quantitative estimate of drug-likeness (QED) is 0.825. The molecule has 0 saturated heterocycles. The maximum Gasteiger partial charge on any atom is 0.234 e. The van der Waals surface area contributed by atoms with Gasteiger partial charge in [-0.3, -0.25) is 4.79 Å². The average Bonchev–Trinajstić information content (AvgIpc) is 2.99. The van der Waals surface area contributed by atoms with Gasteiger partial charge in [0.2, 0.25) is 5.91 Å². The van der Waals surface area contributed by atoms with Gasteiger partial charge in [-0.15, -0.1) is 10.2 Å². The maximum atomic E-state index is 11.9. The lowest BCUT2D eigenvalue weighted by Crippen LogP contribution is -2.14. The Morgan fingerprint density at radius 3 is 2.90 bits per heavy atom. The second-order valence-electron chi connectivity index (χ2n) is 3.61. The standard InChI is InChI=1S/C12H13N3O3S2/c1-17-8-3-4-9(10(5-8)18-2)14-11(16)6-19-12-15-13-7-20-12/h3-5,7H,6H2,1-2H3,(H,14,16). The van der Waals surface area contributed by atoms with E-state index < -0.39 is 0 Å². The van der Waals surface area contributed by atoms with Gasteiger partial charge < -0.3 is 14.8 Å². The van der Waals surface area contributed by atoms with Gasteiger partial charge in [0.15, 0.2) is 4.34 Å². The van der Waals surface area contributed by atoms with Crippen molar-refractivity contribution in [3.63, 3.8) is 0 Å². The van der Waals surface area contributed by atoms with Crippen molar-refractivity contribution in [2.75, 3.05) is 25.3 Å². The lowest BCUT2D eigenvalue weighted by atomic mass is 10.2. The zero-order chi connectivity index (χ0) is 14.4. The first-order chi connectivity index (χ1) is 9.72. The van der Waals surface area contributed by atoms with Gasteiger partial charge in [0.1, 0.15) is 17.0 Å². The van der Waals surface area contributed by atoms with E-state index in [0.29, 0.717) is 17.2 Å². The molecule has 0 radical (unpaired) electrons. The third kappa shape index (κ3) is 3.84. The van der Waals surface area contributed by atoms with Crippen molar-refractivity contribution in [1.82, 2.24) is 10.2 Å². The highest BCUT2D eigenvalue weighted by Gasteiger charge is 2.10. The summed E-state index contributed by atoms with van der Waals surface area (Å²) in [5, 5.41) is 10.4. The molecule has 8 heteroatoms. The first-order valence-corrected chi connectivity index (χ1v) is 7.50. The van der Waals surface area contributed by atoms with Gasteiger partial charge in [0.05, 0.1) is 25.7 Å². The third-order valence-electron chi connectivity index (χ3n) is 2.35. The van der Waals surface area contributed by atoms with Crippen LogP contribution in [-0.4, -0.2) is 36.1 Å². The Balaban J connectivity index is 1.96. The summed E-state index contributed by atoms with van der Waals surface area (Å²) in [6, 6.07) is 5.22. The number of amides is 1. The van der Waals surface area contributed by atoms with Gasteiger partial charge in [-0.05, 0) is 12.1 Å². The van der Waals surface area contributed by atoms with Crippen molar-refractivity contribution in [3.05, 3.63) is 23.7 Å². The van der Waals surface area contributed by atoms with E-state index in [2.05, 4.69) is 15.5 Å². The molecule has 2 rings (SSSR count). The van der Waals surface area contributed by atoms with E-state index >= 15 is 0 Å². The molecule has 0 atom stereocenters. The number of hydrogen-bond donors (Lipinski definition) is 1. The molecule has 0 aliphatic rings. The maximum absolute atomic E-state index is 11.9. The Hall–Kier alpha value is -1.80. The van der Waals surface area contributed by atoms with Crippen LogP contribution < -0.4 is 14.8 Å². The fourth-order valence-electron chi connectivity index (χ4n) is 1.44. The van der Waals surface area contributed by atoms with Crippen LogP contribution in [0, 0.1) is 0 Å². The number of thioether (sulfide) groups is 1. The van der Waals surface area contributed by atoms with Crippen molar-refractivity contribution in [1.29, 1.82) is 0 Å². The van der Waals surface area contributed by atoms with Crippen LogP contribution in [0.4, 0.5) is 5.69 Å². The highest BCUT2D eigenvalue weighted by Crippen LogP contribution is 2.29. The number of nitrogens with zero attached hydrogens (tertiary/aromatic N) is 2. The number of ether oxygens (including phenoxy) is 2. The van der Waals surface area contributed by atoms with Crippen LogP contribution in [0.2, 0.25) is 0 Å². The highest BCUT2D eigenvalue weighted by molar-refractivity contribution is 8.01. The third-order valence-corrected chi connectivity index (χ3v) is 4.21. The molecule has 1 aromatic carbocycles. The van der Waals surface area contributed by atoms with Crippen LogP contribution in [0.15, 0.2) is 28.0 Å². The first-order valence-electron chi connectivity index (χ1n) is 5.63. The first kappa shape index (κ1) is 14.6. The minimum absolute atomic E-state index is 0.131. The van der Waals surface area contributed by atoms with Gasteiger partial charge in [0.25, 0.3) is 0 Å². The fraction of sp³-hybridized carbons (Fsp3) is 0.250. The minimum atomic E-state index is -0.131. The van der Waals surface area contributed by atoms with Crippen molar-refractivity contribution < 1.29 is 14.3 Å². The summed E-state index contributed by atoms with van der Waals surface area (Å²) in [7, 11) is 3.12. The molecule has 0 aliphatic heterocycles. The molecule has 106 valence electrons. The molecule has 0 spiro atoms. The van der Waals surface area contributed by atoms with E-state index in [4.69, 9.17) is 9.47 Å². The average molecular weight is 311 g/mol. The second-order valence-corrected chi connectivity index (χ2v) is 5.66. The summed E-state index contributed by atoms with van der Waals surface area (Å²) < 4.78 is 11.1. The lowest BCUT2D eigenvalue weighted by Gasteiger charge is -2.11. The fourth-order valence-corrected chi connectivity index (χ4v) is 2.73. The van der Waals surface area contributed by atoms with Crippen LogP contribution in [-0.2, 0) is 4.79 Å². The zero-order valence-electron chi connectivity index (χ0n) is 11.0. The van der Waals surface area contributed by atoms with E-state index in [1.54, 1.807) is 37.9 Å². The Labute approximate surface area is 124 Å². The van der Waals surface area contributed by atoms with E-state index in [1.807, 2.05) is 0 Å². The number of aromatic nitrogens is 2. The van der Waals surface area contributed by atoms with Gasteiger partial charge in [-0.1, -0.05) is 23.1 Å². The number of benzene rings is 1. The van der Waals surface area contributed by atoms with Crippen molar-refractivity contribution in [2.45, 2.75) is 4.34 Å². The predicted molar refractivity (Wildman–Crippen MR) is 78.8 cm³/mol. The van der Waals surface area contributed by atoms with E-state index in [9.17, 15) is 4.79 Å². The molecule has 2 aromatic rings. The number of carbonyl (C=O) groups is 1. The monoisotopic (exact) mass is 311 g/mol. The van der Waals surface area contributed by atoms with E-state index in [0.717, 1.165) is 4.34 Å². The zero-order valence-corrected chi connectivity index (χ0v) is 12.6. The van der Waals surface area contributed by atoms with Crippen molar-refractivity contribution >= 4 is 34.7 Å². The molecule has 1 aromatic heterocycles. The highest BCUT2D eigenvalue weighted by atomic mass is 32.2. The summed E-state index contributed by atoms with van der Waals surface area (Å²) in [4.78, 5) is 11.9. The number of carbonyl (C=O) groups excluding carboxylic acids is 1. The molecule has 1 amide bonds. The smallest absolute Gasteiger partial charge is 0.234 e. The van der Waals surface area contributed by atoms with Crippen molar-refractivity contribution in [3.8, 4) is 11.5 Å². The Morgan fingerprint density at radius 1 is 1.40 bits per heavy atom. The van der Waals surface area contributed by atoms with E-state index in [1.165, 1.54) is 23.1 Å². The normalized spacial score (nSPS) is 10.1. The van der Waals surface area contributed by atoms with Crippen LogP contribution in [0.25, 0.3) is 0 Å². The molecule has 1 N–H and O–H groups in total. The SMILES string of the molecule is COc1ccc(NC(=O)CSc2nncs2)c(OC)c1. The molecule has 6 nitrogen and oxygen atoms in total. The molecule has 0 saturated carbocycles. The number of hydrogen-bond acceptors (Lipinski definition) is 7. The topological polar surface area (TPSA) is 73.3 Å². The number of nitrogens with one attached hydrogen (secondary N) is 1. The molecular weight excluding hydrogens is 298 g/mol. The van der Waals surface area contributed by atoms with Gasteiger partial charge >= 0.3 is 0 Å². The van der Waals surface area contributed by atoms with Gasteiger partial charge in [-0.25, -0.2) is 0 Å². The largest absolute Gasteiger partial charge is 0.497 e. The van der Waals surface area contributed by atoms with E-state index in [-0.39, 0.29) is 11.7 Å². The molecule has 20 heavy (non-hydrogen) atoms. The van der Waals surface area contributed by atoms with Gasteiger partial charge in [0, 0.05) is 6.07 Å². The number of methoxy groups -OCH3 is 2. The summed E-state index contributed by atoms with van der Waals surface area (Å²) in [6.07, 6.45) is 0. The Kier molecular flexibility index (Phi) is 5.19. The Morgan fingerprint density at radius 2 is 2.25 bits per heavy atom. The number of anilines is 1. The molecule has 1 heterocycles. The summed E-state index contributed by atoms with van der Waals surface area (Å²) in [5.74, 6) is 1.36. The van der Waals surface area contributed by atoms with Crippen molar-refractivity contribution in [2.24, 2.45) is 0 Å². The van der Waals surface area contributed by atoms with Crippen LogP contribution in [0.1, 0.15) is 0 Å². The van der Waals surface area contributed by atoms with Crippen LogP contribution >= 0.6 is 23.1 Å². The minimum Gasteiger partial charge on any atom is -0.497 e. The molecule has 0 fully saturated rings. The summed E-state index contributed by atoms with van der Waals surface area (Å²) in [5.41, 5.74) is 2.24.